The second kappa shape index (κ2) is 10.6. The monoisotopic (exact) mass is 556 g/mol. The van der Waals surface area contributed by atoms with E-state index >= 15 is 0 Å². The van der Waals surface area contributed by atoms with Gasteiger partial charge in [0.25, 0.3) is 0 Å². The van der Waals surface area contributed by atoms with Gasteiger partial charge in [-0.25, -0.2) is 0 Å². The van der Waals surface area contributed by atoms with Crippen LogP contribution in [-0.4, -0.2) is 96.6 Å². The minimum atomic E-state index is -1.26. The first-order valence-electron chi connectivity index (χ1n) is 14.9. The molecule has 1 aromatic carbocycles. The molecular weight excluding hydrogens is 512 g/mol. The van der Waals surface area contributed by atoms with Crippen molar-refractivity contribution in [2.24, 2.45) is 17.3 Å². The van der Waals surface area contributed by atoms with Crippen molar-refractivity contribution in [2.45, 2.75) is 94.3 Å². The Hall–Kier alpha value is -2.08. The molecule has 3 fully saturated rings. The van der Waals surface area contributed by atoms with E-state index in [9.17, 15) is 25.5 Å². The van der Waals surface area contributed by atoms with E-state index in [0.717, 1.165) is 37.9 Å². The van der Waals surface area contributed by atoms with Gasteiger partial charge in [-0.1, -0.05) is 18.2 Å². The Morgan fingerprint density at radius 1 is 1.07 bits per heavy atom. The number of aliphatic hydroxyl groups excluding tert-OH is 4. The minimum Gasteiger partial charge on any atom is -0.497 e. The summed E-state index contributed by atoms with van der Waals surface area (Å²) in [6, 6.07) is 5.92. The number of ether oxygens (including phenoxy) is 1. The zero-order valence-corrected chi connectivity index (χ0v) is 23.6. The second-order valence-corrected chi connectivity index (χ2v) is 12.8. The number of benzene rings is 1. The molecule has 9 atom stereocenters. The smallest absolute Gasteiger partial charge is 0.119 e. The molecule has 1 saturated heterocycles. The van der Waals surface area contributed by atoms with Crippen LogP contribution in [0, 0.1) is 17.3 Å². The van der Waals surface area contributed by atoms with Gasteiger partial charge in [0.05, 0.1) is 32.1 Å². The summed E-state index contributed by atoms with van der Waals surface area (Å²) >= 11 is 0. The number of methoxy groups -OCH3 is 1. The Morgan fingerprint density at radius 2 is 1.90 bits per heavy atom. The van der Waals surface area contributed by atoms with Crippen LogP contribution in [0.3, 0.4) is 0 Å². The van der Waals surface area contributed by atoms with Gasteiger partial charge in [0.15, 0.2) is 0 Å². The normalized spacial score (nSPS) is 39.4. The number of hydrogen-bond donors (Lipinski definition) is 5. The van der Waals surface area contributed by atoms with Crippen LogP contribution in [0.15, 0.2) is 24.4 Å². The van der Waals surface area contributed by atoms with E-state index in [1.807, 2.05) is 11.1 Å². The molecule has 1 aromatic heterocycles. The van der Waals surface area contributed by atoms with E-state index in [2.05, 4.69) is 35.4 Å². The molecule has 3 aliphatic carbocycles. The molecule has 10 nitrogen and oxygen atoms in total. The summed E-state index contributed by atoms with van der Waals surface area (Å²) in [7, 11) is 1.72. The van der Waals surface area contributed by atoms with Gasteiger partial charge in [0, 0.05) is 25.0 Å². The van der Waals surface area contributed by atoms with Gasteiger partial charge >= 0.3 is 0 Å². The average Bonchev–Trinajstić information content (AvgIpc) is 3.54. The van der Waals surface area contributed by atoms with Gasteiger partial charge in [0.1, 0.15) is 29.3 Å². The van der Waals surface area contributed by atoms with Crippen LogP contribution >= 0.6 is 0 Å². The molecule has 2 saturated carbocycles. The standard InChI is InChI=1S/C30H44N4O6/c1-29-10-8-21-20-7-5-19(40-2)14-18(20)4-6-22(21)23(29)9-11-30(29,39)26-16-34(32-31-26)13-3-12-33-15-25(36)28(38)27(37)24(33)17-35/h5,7,14,16,21-25,27-28,35-39H,3-4,6,8-13,15,17H2,1-2H3/t21-,22-,23+,24-,25+,27-,28-,29+,30+/m1/s1. The third-order valence-corrected chi connectivity index (χ3v) is 11.1. The number of hydrogen-bond acceptors (Lipinski definition) is 9. The predicted molar refractivity (Wildman–Crippen MR) is 147 cm³/mol. The maximum atomic E-state index is 12.2. The summed E-state index contributed by atoms with van der Waals surface area (Å²) in [6.07, 6.45) is 4.89. The molecule has 10 heteroatoms. The van der Waals surface area contributed by atoms with Crippen molar-refractivity contribution >= 4 is 0 Å². The van der Waals surface area contributed by atoms with Crippen LogP contribution in [0.1, 0.15) is 68.2 Å². The highest BCUT2D eigenvalue weighted by atomic mass is 16.5. The zero-order valence-electron chi connectivity index (χ0n) is 23.6. The van der Waals surface area contributed by atoms with Gasteiger partial charge in [-0.15, -0.1) is 5.10 Å². The molecule has 4 aliphatic rings. The van der Waals surface area contributed by atoms with Gasteiger partial charge in [-0.2, -0.15) is 0 Å². The average molecular weight is 557 g/mol. The molecule has 0 bridgehead atoms. The van der Waals surface area contributed by atoms with Crippen LogP contribution in [0.25, 0.3) is 0 Å². The molecule has 0 amide bonds. The maximum Gasteiger partial charge on any atom is 0.119 e. The molecule has 0 unspecified atom stereocenters. The third-order valence-electron chi connectivity index (χ3n) is 11.1. The number of nitrogens with zero attached hydrogens (tertiary/aromatic N) is 4. The van der Waals surface area contributed by atoms with E-state index in [4.69, 9.17) is 4.74 Å². The lowest BCUT2D eigenvalue weighted by Crippen LogP contribution is -2.62. The highest BCUT2D eigenvalue weighted by molar-refractivity contribution is 5.41. The molecule has 5 N–H and O–H groups in total. The number of β-amino-alcohol motifs (C(OH)–C–C–N with tert-alkyl or cyclic N) is 1. The lowest BCUT2D eigenvalue weighted by Gasteiger charge is -2.52. The fraction of sp³-hybridized carbons (Fsp3) is 0.733. The highest BCUT2D eigenvalue weighted by Crippen LogP contribution is 2.66. The molecule has 1 aliphatic heterocycles. The summed E-state index contributed by atoms with van der Waals surface area (Å²) in [5, 5.41) is 61.0. The van der Waals surface area contributed by atoms with Crippen molar-refractivity contribution in [3.8, 4) is 5.75 Å². The predicted octanol–water partition coefficient (Wildman–Crippen LogP) is 1.18. The van der Waals surface area contributed by atoms with Gasteiger partial charge in [0.2, 0.25) is 0 Å². The summed E-state index contributed by atoms with van der Waals surface area (Å²) in [4.78, 5) is 1.81. The van der Waals surface area contributed by atoms with Crippen molar-refractivity contribution in [1.82, 2.24) is 19.9 Å². The Balaban J connectivity index is 1.13. The SMILES string of the molecule is COc1ccc2c(c1)CC[C@@H]1[C@@H]2CC[C@@]2(C)[C@H]1CC[C@]2(O)c1cn(CCCN2C[C@H](O)[C@@H](O)[C@H](O)[C@H]2CO)nn1. The first-order chi connectivity index (χ1) is 19.2. The molecule has 0 spiro atoms. The maximum absolute atomic E-state index is 12.2. The molecule has 2 aromatic rings. The number of aryl methyl sites for hydroxylation is 2. The zero-order chi connectivity index (χ0) is 28.2. The summed E-state index contributed by atoms with van der Waals surface area (Å²) in [5.41, 5.74) is 2.26. The van der Waals surface area contributed by atoms with Crippen LogP contribution in [0.2, 0.25) is 0 Å². The van der Waals surface area contributed by atoms with Gasteiger partial charge in [-0.3, -0.25) is 9.58 Å². The number of fused-ring (bicyclic) bond motifs is 5. The summed E-state index contributed by atoms with van der Waals surface area (Å²) in [6.45, 7) is 3.22. The fourth-order valence-corrected chi connectivity index (χ4v) is 8.79. The van der Waals surface area contributed by atoms with Crippen molar-refractivity contribution in [1.29, 1.82) is 0 Å². The lowest BCUT2D eigenvalue weighted by molar-refractivity contribution is -0.145. The van der Waals surface area contributed by atoms with Gasteiger partial charge in [-0.05, 0) is 86.0 Å². The topological polar surface area (TPSA) is 144 Å². The first kappa shape index (κ1) is 28.1. The van der Waals surface area contributed by atoms with Gasteiger partial charge < -0.3 is 30.3 Å². The quantitative estimate of drug-likeness (QED) is 0.340. The molecule has 0 radical (unpaired) electrons. The summed E-state index contributed by atoms with van der Waals surface area (Å²) in [5.74, 6) is 2.44. The minimum absolute atomic E-state index is 0.186. The van der Waals surface area contributed by atoms with Crippen molar-refractivity contribution in [2.75, 3.05) is 26.8 Å². The summed E-state index contributed by atoms with van der Waals surface area (Å²) < 4.78 is 7.23. The second-order valence-electron chi connectivity index (χ2n) is 12.8. The van der Waals surface area contributed by atoms with Crippen molar-refractivity contribution in [3.05, 3.63) is 41.2 Å². The first-order valence-corrected chi connectivity index (χ1v) is 14.9. The number of likely N-dealkylation sites (tertiary alicyclic amines) is 1. The third kappa shape index (κ3) is 4.39. The molecule has 2 heterocycles. The molecule has 220 valence electrons. The molecule has 6 rings (SSSR count). The van der Waals surface area contributed by atoms with E-state index in [0.29, 0.717) is 49.4 Å². The molecular formula is C30H44N4O6. The Morgan fingerprint density at radius 3 is 2.67 bits per heavy atom. The van der Waals surface area contributed by atoms with Crippen LogP contribution in [-0.2, 0) is 18.6 Å². The van der Waals surface area contributed by atoms with Crippen LogP contribution in [0.5, 0.6) is 5.75 Å². The van der Waals surface area contributed by atoms with Crippen LogP contribution in [0.4, 0.5) is 0 Å². The largest absolute Gasteiger partial charge is 0.497 e. The Labute approximate surface area is 235 Å². The van der Waals surface area contributed by atoms with Crippen LogP contribution < -0.4 is 4.74 Å². The van der Waals surface area contributed by atoms with E-state index in [1.54, 1.807) is 11.8 Å². The van der Waals surface area contributed by atoms with E-state index in [-0.39, 0.29) is 18.6 Å². The van der Waals surface area contributed by atoms with Crippen molar-refractivity contribution < 1.29 is 30.3 Å². The highest BCUT2D eigenvalue weighted by Gasteiger charge is 2.63. The number of piperidine rings is 1. The van der Waals surface area contributed by atoms with Crippen molar-refractivity contribution in [3.63, 3.8) is 0 Å². The lowest BCUT2D eigenvalue weighted by atomic mass is 9.53. The number of rotatable bonds is 7. The van der Waals surface area contributed by atoms with E-state index < -0.39 is 30.0 Å². The fourth-order valence-electron chi connectivity index (χ4n) is 8.79. The Bertz CT molecular complexity index is 1210. The van der Waals surface area contributed by atoms with E-state index in [1.165, 1.54) is 11.1 Å². The Kier molecular flexibility index (Phi) is 7.46. The number of aliphatic hydroxyl groups is 5. The number of aromatic nitrogens is 3. The molecule has 40 heavy (non-hydrogen) atoms.